The van der Waals surface area contributed by atoms with E-state index in [0.29, 0.717) is 13.1 Å². The molecule has 1 heterocycles. The van der Waals surface area contributed by atoms with Crippen molar-refractivity contribution < 1.29 is 24.3 Å². The lowest BCUT2D eigenvalue weighted by molar-refractivity contribution is -0.144. The zero-order valence-electron chi connectivity index (χ0n) is 12.0. The van der Waals surface area contributed by atoms with Gasteiger partial charge in [-0.25, -0.2) is 4.79 Å². The van der Waals surface area contributed by atoms with E-state index in [4.69, 9.17) is 5.11 Å². The minimum absolute atomic E-state index is 0.113. The highest BCUT2D eigenvalue weighted by Crippen LogP contribution is 2.08. The smallest absolute Gasteiger partial charge is 0.321 e. The van der Waals surface area contributed by atoms with Crippen molar-refractivity contribution in [3.63, 3.8) is 0 Å². The molecular weight excluding hydrogens is 280 g/mol. The van der Waals surface area contributed by atoms with Gasteiger partial charge in [0.15, 0.2) is 0 Å². The van der Waals surface area contributed by atoms with E-state index < -0.39 is 36.3 Å². The van der Waals surface area contributed by atoms with E-state index in [-0.39, 0.29) is 12.6 Å². The van der Waals surface area contributed by atoms with Gasteiger partial charge in [-0.05, 0) is 13.8 Å². The lowest BCUT2D eigenvalue weighted by Crippen LogP contribution is -2.58. The van der Waals surface area contributed by atoms with Gasteiger partial charge in [0, 0.05) is 19.1 Å². The monoisotopic (exact) mass is 300 g/mol. The fourth-order valence-electron chi connectivity index (χ4n) is 1.99. The minimum atomic E-state index is -1.12. The molecule has 1 saturated heterocycles. The Hall–Kier alpha value is -2.16. The molecule has 0 aromatic heterocycles. The van der Waals surface area contributed by atoms with Gasteiger partial charge in [0.05, 0.1) is 13.0 Å². The van der Waals surface area contributed by atoms with Crippen LogP contribution in [0.2, 0.25) is 0 Å². The molecule has 0 radical (unpaired) electrons. The number of carboxylic acid groups (broad SMARTS) is 1. The predicted octanol–water partition coefficient (Wildman–Crippen LogP) is -1.50. The molecule has 4 amide bonds. The van der Waals surface area contributed by atoms with Crippen molar-refractivity contribution in [2.45, 2.75) is 32.4 Å². The van der Waals surface area contributed by atoms with Crippen LogP contribution in [-0.4, -0.2) is 65.5 Å². The number of amides is 4. The van der Waals surface area contributed by atoms with E-state index in [1.165, 1.54) is 4.90 Å². The second-order valence-electron chi connectivity index (χ2n) is 5.05. The number of hydrogen-bond donors (Lipinski definition) is 4. The summed E-state index contributed by atoms with van der Waals surface area (Å²) >= 11 is 0. The molecule has 1 atom stereocenters. The fourth-order valence-corrected chi connectivity index (χ4v) is 1.99. The zero-order chi connectivity index (χ0) is 16.0. The number of imide groups is 1. The standard InChI is InChI=1S/C12H20N4O5/c1-7(2)14-12(21)15-9(17)6-16-4-3-13-11(20)8(16)5-10(18)19/h7-8H,3-6H2,1-2H3,(H,13,20)(H,18,19)(H2,14,15,17,21). The Morgan fingerprint density at radius 3 is 2.67 bits per heavy atom. The van der Waals surface area contributed by atoms with Crippen LogP contribution in [0.1, 0.15) is 20.3 Å². The van der Waals surface area contributed by atoms with Crippen LogP contribution in [0.3, 0.4) is 0 Å². The SMILES string of the molecule is CC(C)NC(=O)NC(=O)CN1CCNC(=O)C1CC(=O)O. The number of urea groups is 1. The Morgan fingerprint density at radius 2 is 2.10 bits per heavy atom. The van der Waals surface area contributed by atoms with Gasteiger partial charge in [-0.3, -0.25) is 24.6 Å². The molecule has 118 valence electrons. The number of nitrogens with one attached hydrogen (secondary N) is 3. The van der Waals surface area contributed by atoms with Crippen LogP contribution in [0, 0.1) is 0 Å². The molecule has 0 aromatic rings. The predicted molar refractivity (Wildman–Crippen MR) is 72.4 cm³/mol. The van der Waals surface area contributed by atoms with E-state index >= 15 is 0 Å². The number of hydrogen-bond acceptors (Lipinski definition) is 5. The summed E-state index contributed by atoms with van der Waals surface area (Å²) in [7, 11) is 0. The molecule has 4 N–H and O–H groups in total. The average Bonchev–Trinajstić information content (AvgIpc) is 2.31. The molecule has 21 heavy (non-hydrogen) atoms. The van der Waals surface area contributed by atoms with Crippen LogP contribution in [0.4, 0.5) is 4.79 Å². The van der Waals surface area contributed by atoms with Crippen LogP contribution < -0.4 is 16.0 Å². The first-order valence-electron chi connectivity index (χ1n) is 6.63. The molecule has 0 saturated carbocycles. The van der Waals surface area contributed by atoms with E-state index in [2.05, 4.69) is 16.0 Å². The summed E-state index contributed by atoms with van der Waals surface area (Å²) in [4.78, 5) is 47.0. The number of carboxylic acids is 1. The van der Waals surface area contributed by atoms with Gasteiger partial charge in [-0.15, -0.1) is 0 Å². The molecule has 0 bridgehead atoms. The molecule has 0 aromatic carbocycles. The molecule has 0 aliphatic carbocycles. The Bertz CT molecular complexity index is 437. The van der Waals surface area contributed by atoms with Gasteiger partial charge < -0.3 is 15.7 Å². The van der Waals surface area contributed by atoms with Crippen molar-refractivity contribution in [1.82, 2.24) is 20.9 Å². The highest BCUT2D eigenvalue weighted by molar-refractivity contribution is 5.96. The molecule has 1 rings (SSSR count). The summed E-state index contributed by atoms with van der Waals surface area (Å²) in [6.45, 7) is 3.98. The van der Waals surface area contributed by atoms with Crippen molar-refractivity contribution in [2.75, 3.05) is 19.6 Å². The topological polar surface area (TPSA) is 128 Å². The first-order chi connectivity index (χ1) is 9.79. The molecule has 1 aliphatic heterocycles. The van der Waals surface area contributed by atoms with Crippen molar-refractivity contribution in [1.29, 1.82) is 0 Å². The van der Waals surface area contributed by atoms with E-state index in [9.17, 15) is 19.2 Å². The summed E-state index contributed by atoms with van der Waals surface area (Å²) < 4.78 is 0. The quantitative estimate of drug-likeness (QED) is 0.489. The lowest BCUT2D eigenvalue weighted by atomic mass is 10.1. The third kappa shape index (κ3) is 5.78. The molecular formula is C12H20N4O5. The number of piperazine rings is 1. The molecule has 0 spiro atoms. The van der Waals surface area contributed by atoms with Gasteiger partial charge in [0.2, 0.25) is 11.8 Å². The normalized spacial score (nSPS) is 19.0. The Labute approximate surface area is 122 Å². The number of rotatable bonds is 5. The van der Waals surface area contributed by atoms with Crippen molar-refractivity contribution >= 4 is 23.8 Å². The number of carbonyl (C=O) groups is 4. The van der Waals surface area contributed by atoms with Gasteiger partial charge in [-0.2, -0.15) is 0 Å². The highest BCUT2D eigenvalue weighted by atomic mass is 16.4. The second kappa shape index (κ2) is 7.58. The zero-order valence-corrected chi connectivity index (χ0v) is 12.0. The highest BCUT2D eigenvalue weighted by Gasteiger charge is 2.32. The first-order valence-corrected chi connectivity index (χ1v) is 6.63. The van der Waals surface area contributed by atoms with Crippen molar-refractivity contribution in [2.24, 2.45) is 0 Å². The summed E-state index contributed by atoms with van der Waals surface area (Å²) in [6.07, 6.45) is -0.392. The van der Waals surface area contributed by atoms with Crippen LogP contribution in [0.5, 0.6) is 0 Å². The maximum atomic E-state index is 11.7. The number of carbonyl (C=O) groups excluding carboxylic acids is 3. The number of nitrogens with zero attached hydrogens (tertiary/aromatic N) is 1. The van der Waals surface area contributed by atoms with Crippen molar-refractivity contribution in [3.05, 3.63) is 0 Å². The van der Waals surface area contributed by atoms with Crippen LogP contribution in [0.25, 0.3) is 0 Å². The Kier molecular flexibility index (Phi) is 6.10. The lowest BCUT2D eigenvalue weighted by Gasteiger charge is -2.33. The molecule has 1 unspecified atom stereocenters. The molecule has 1 aliphatic rings. The maximum absolute atomic E-state index is 11.7. The second-order valence-corrected chi connectivity index (χ2v) is 5.05. The van der Waals surface area contributed by atoms with E-state index in [1.807, 2.05) is 0 Å². The van der Waals surface area contributed by atoms with Gasteiger partial charge in [0.1, 0.15) is 6.04 Å². The van der Waals surface area contributed by atoms with Gasteiger partial charge in [0.25, 0.3) is 0 Å². The minimum Gasteiger partial charge on any atom is -0.481 e. The Balaban J connectivity index is 2.57. The van der Waals surface area contributed by atoms with Crippen LogP contribution in [0.15, 0.2) is 0 Å². The summed E-state index contributed by atoms with van der Waals surface area (Å²) in [5.41, 5.74) is 0. The van der Waals surface area contributed by atoms with Gasteiger partial charge in [-0.1, -0.05) is 0 Å². The molecule has 1 fully saturated rings. The summed E-state index contributed by atoms with van der Waals surface area (Å²) in [5, 5.41) is 16.0. The summed E-state index contributed by atoms with van der Waals surface area (Å²) in [6, 6.07) is -1.64. The molecule has 9 heteroatoms. The third-order valence-corrected chi connectivity index (χ3v) is 2.83. The van der Waals surface area contributed by atoms with Crippen LogP contribution in [-0.2, 0) is 14.4 Å². The largest absolute Gasteiger partial charge is 0.481 e. The average molecular weight is 300 g/mol. The third-order valence-electron chi connectivity index (χ3n) is 2.83. The van der Waals surface area contributed by atoms with E-state index in [1.54, 1.807) is 13.8 Å². The number of aliphatic carboxylic acids is 1. The van der Waals surface area contributed by atoms with Gasteiger partial charge >= 0.3 is 12.0 Å². The van der Waals surface area contributed by atoms with Crippen LogP contribution >= 0.6 is 0 Å². The maximum Gasteiger partial charge on any atom is 0.321 e. The molecule has 9 nitrogen and oxygen atoms in total. The van der Waals surface area contributed by atoms with E-state index in [0.717, 1.165) is 0 Å². The van der Waals surface area contributed by atoms with Crippen molar-refractivity contribution in [3.8, 4) is 0 Å². The Morgan fingerprint density at radius 1 is 1.43 bits per heavy atom. The first kappa shape index (κ1) is 16.9. The summed E-state index contributed by atoms with van der Waals surface area (Å²) in [5.74, 6) is -2.14. The fraction of sp³-hybridized carbons (Fsp3) is 0.667.